The summed E-state index contributed by atoms with van der Waals surface area (Å²) < 4.78 is 15.6. The van der Waals surface area contributed by atoms with Crippen molar-refractivity contribution in [2.24, 2.45) is 0 Å². The first kappa shape index (κ1) is 16.5. The van der Waals surface area contributed by atoms with E-state index in [1.54, 1.807) is 26.4 Å². The predicted molar refractivity (Wildman–Crippen MR) is 86.4 cm³/mol. The summed E-state index contributed by atoms with van der Waals surface area (Å²) in [5, 5.41) is 11.9. The summed E-state index contributed by atoms with van der Waals surface area (Å²) in [7, 11) is 3.21. The van der Waals surface area contributed by atoms with Crippen LogP contribution in [-0.2, 0) is 11.3 Å². The number of carbonyl (C=O) groups is 1. The minimum Gasteiger partial charge on any atom is -0.497 e. The molecule has 0 unspecified atom stereocenters. The number of anilines is 1. The number of methoxy groups -OCH3 is 2. The third-order valence-corrected chi connectivity index (χ3v) is 3.18. The fourth-order valence-electron chi connectivity index (χ4n) is 1.99. The van der Waals surface area contributed by atoms with E-state index in [1.807, 2.05) is 30.3 Å². The van der Waals surface area contributed by atoms with Crippen molar-refractivity contribution < 1.29 is 24.1 Å². The van der Waals surface area contributed by atoms with Gasteiger partial charge in [-0.15, -0.1) is 0 Å². The van der Waals surface area contributed by atoms with Gasteiger partial charge in [0.15, 0.2) is 6.61 Å². The second kappa shape index (κ2) is 7.93. The molecule has 0 atom stereocenters. The van der Waals surface area contributed by atoms with E-state index in [0.29, 0.717) is 18.0 Å². The van der Waals surface area contributed by atoms with Gasteiger partial charge in [0, 0.05) is 12.6 Å². The summed E-state index contributed by atoms with van der Waals surface area (Å²) in [6.45, 7) is 0.253. The second-order valence-electron chi connectivity index (χ2n) is 4.75. The Bertz CT molecular complexity index is 655. The number of rotatable bonds is 8. The zero-order valence-corrected chi connectivity index (χ0v) is 13.0. The Hall–Kier alpha value is -2.89. The molecule has 0 aliphatic rings. The number of aliphatic carboxylic acids is 1. The number of carboxylic acid groups (broad SMARTS) is 1. The zero-order valence-electron chi connectivity index (χ0n) is 13.0. The van der Waals surface area contributed by atoms with Crippen molar-refractivity contribution in [1.82, 2.24) is 0 Å². The van der Waals surface area contributed by atoms with Crippen LogP contribution in [0.4, 0.5) is 5.69 Å². The molecule has 2 N–H and O–H groups in total. The number of hydrogen-bond donors (Lipinski definition) is 2. The number of ether oxygens (including phenoxy) is 3. The molecule has 0 spiro atoms. The van der Waals surface area contributed by atoms with E-state index in [9.17, 15) is 4.79 Å². The van der Waals surface area contributed by atoms with Gasteiger partial charge < -0.3 is 24.6 Å². The Kier molecular flexibility index (Phi) is 5.68. The van der Waals surface area contributed by atoms with Crippen molar-refractivity contribution in [2.75, 3.05) is 26.1 Å². The maximum absolute atomic E-state index is 10.4. The first-order valence-corrected chi connectivity index (χ1v) is 7.02. The van der Waals surface area contributed by atoms with Gasteiger partial charge in [-0.2, -0.15) is 0 Å². The molecule has 0 aliphatic carbocycles. The smallest absolute Gasteiger partial charge is 0.341 e. The van der Waals surface area contributed by atoms with Gasteiger partial charge in [0.2, 0.25) is 0 Å². The third-order valence-electron chi connectivity index (χ3n) is 3.18. The van der Waals surface area contributed by atoms with Gasteiger partial charge in [0.25, 0.3) is 0 Å². The highest BCUT2D eigenvalue weighted by Crippen LogP contribution is 2.29. The van der Waals surface area contributed by atoms with Crippen LogP contribution in [0.1, 0.15) is 5.56 Å². The van der Waals surface area contributed by atoms with Crippen LogP contribution in [0.25, 0.3) is 0 Å². The van der Waals surface area contributed by atoms with Crippen molar-refractivity contribution in [1.29, 1.82) is 0 Å². The quantitative estimate of drug-likeness (QED) is 0.779. The van der Waals surface area contributed by atoms with E-state index < -0.39 is 5.97 Å². The molecular weight excluding hydrogens is 298 g/mol. The van der Waals surface area contributed by atoms with Gasteiger partial charge in [0.05, 0.1) is 19.9 Å². The highest BCUT2D eigenvalue weighted by Gasteiger charge is 2.05. The van der Waals surface area contributed by atoms with E-state index in [-0.39, 0.29) is 6.61 Å². The lowest BCUT2D eigenvalue weighted by molar-refractivity contribution is -0.139. The molecule has 23 heavy (non-hydrogen) atoms. The Labute approximate surface area is 134 Å². The van der Waals surface area contributed by atoms with Crippen LogP contribution in [-0.4, -0.2) is 31.9 Å². The van der Waals surface area contributed by atoms with Crippen molar-refractivity contribution in [3.05, 3.63) is 48.0 Å². The first-order valence-electron chi connectivity index (χ1n) is 7.02. The number of hydrogen-bond acceptors (Lipinski definition) is 5. The number of nitrogens with one attached hydrogen (secondary N) is 1. The fraction of sp³-hybridized carbons (Fsp3) is 0.235. The summed E-state index contributed by atoms with van der Waals surface area (Å²) in [4.78, 5) is 10.4. The standard InChI is InChI=1S/C17H19NO5/c1-21-14-7-8-15(16(9-14)22-2)18-10-12-3-5-13(6-4-12)23-11-17(19)20/h3-9,18H,10-11H2,1-2H3,(H,19,20). The van der Waals surface area contributed by atoms with Crippen molar-refractivity contribution in [2.45, 2.75) is 6.54 Å². The Morgan fingerprint density at radius 3 is 2.35 bits per heavy atom. The van der Waals surface area contributed by atoms with E-state index in [0.717, 1.165) is 17.0 Å². The van der Waals surface area contributed by atoms with E-state index in [2.05, 4.69) is 5.32 Å². The molecule has 0 heterocycles. The Morgan fingerprint density at radius 2 is 1.74 bits per heavy atom. The normalized spacial score (nSPS) is 10.0. The molecule has 6 nitrogen and oxygen atoms in total. The molecule has 0 radical (unpaired) electrons. The second-order valence-corrected chi connectivity index (χ2v) is 4.75. The van der Waals surface area contributed by atoms with Crippen LogP contribution in [0.15, 0.2) is 42.5 Å². The van der Waals surface area contributed by atoms with E-state index in [4.69, 9.17) is 19.3 Å². The minimum atomic E-state index is -0.998. The zero-order chi connectivity index (χ0) is 16.7. The van der Waals surface area contributed by atoms with E-state index in [1.165, 1.54) is 0 Å². The van der Waals surface area contributed by atoms with Crippen molar-refractivity contribution in [3.8, 4) is 17.2 Å². The monoisotopic (exact) mass is 317 g/mol. The average Bonchev–Trinajstić information content (AvgIpc) is 2.58. The van der Waals surface area contributed by atoms with Crippen LogP contribution in [0.2, 0.25) is 0 Å². The Balaban J connectivity index is 1.96. The SMILES string of the molecule is COc1ccc(NCc2ccc(OCC(=O)O)cc2)c(OC)c1. The topological polar surface area (TPSA) is 77.0 Å². The summed E-state index contributed by atoms with van der Waals surface area (Å²) in [6, 6.07) is 12.8. The average molecular weight is 317 g/mol. The van der Waals surface area contributed by atoms with Crippen LogP contribution < -0.4 is 19.5 Å². The number of carboxylic acids is 1. The summed E-state index contributed by atoms with van der Waals surface area (Å²) in [5.41, 5.74) is 1.89. The highest BCUT2D eigenvalue weighted by molar-refractivity contribution is 5.68. The van der Waals surface area contributed by atoms with Crippen molar-refractivity contribution >= 4 is 11.7 Å². The third kappa shape index (κ3) is 4.81. The fourth-order valence-corrected chi connectivity index (χ4v) is 1.99. The van der Waals surface area contributed by atoms with Crippen LogP contribution in [0.3, 0.4) is 0 Å². The molecule has 0 bridgehead atoms. The van der Waals surface area contributed by atoms with E-state index >= 15 is 0 Å². The molecule has 0 aromatic heterocycles. The van der Waals surface area contributed by atoms with Crippen LogP contribution in [0, 0.1) is 0 Å². The highest BCUT2D eigenvalue weighted by atomic mass is 16.5. The lowest BCUT2D eigenvalue weighted by atomic mass is 10.2. The van der Waals surface area contributed by atoms with Gasteiger partial charge in [0.1, 0.15) is 17.2 Å². The molecule has 2 rings (SSSR count). The Morgan fingerprint density at radius 1 is 1.04 bits per heavy atom. The van der Waals surface area contributed by atoms with Crippen molar-refractivity contribution in [3.63, 3.8) is 0 Å². The molecule has 122 valence electrons. The molecule has 0 amide bonds. The molecular formula is C17H19NO5. The summed E-state index contributed by atoms with van der Waals surface area (Å²) >= 11 is 0. The van der Waals surface area contributed by atoms with Gasteiger partial charge in [-0.3, -0.25) is 0 Å². The van der Waals surface area contributed by atoms with Crippen LogP contribution >= 0.6 is 0 Å². The van der Waals surface area contributed by atoms with Gasteiger partial charge >= 0.3 is 5.97 Å². The van der Waals surface area contributed by atoms with Gasteiger partial charge in [-0.1, -0.05) is 12.1 Å². The summed E-state index contributed by atoms with van der Waals surface area (Å²) in [6.07, 6.45) is 0. The summed E-state index contributed by atoms with van der Waals surface area (Å²) in [5.74, 6) is 0.957. The number of benzene rings is 2. The maximum Gasteiger partial charge on any atom is 0.341 e. The largest absolute Gasteiger partial charge is 0.497 e. The van der Waals surface area contributed by atoms with Crippen LogP contribution in [0.5, 0.6) is 17.2 Å². The molecule has 0 saturated carbocycles. The molecule has 0 saturated heterocycles. The first-order chi connectivity index (χ1) is 11.1. The predicted octanol–water partition coefficient (Wildman–Crippen LogP) is 2.78. The maximum atomic E-state index is 10.4. The molecule has 0 fully saturated rings. The molecule has 2 aromatic carbocycles. The molecule has 2 aromatic rings. The molecule has 0 aliphatic heterocycles. The molecule has 6 heteroatoms. The lowest BCUT2D eigenvalue weighted by Crippen LogP contribution is -2.09. The minimum absolute atomic E-state index is 0.347. The van der Waals surface area contributed by atoms with Gasteiger partial charge in [-0.25, -0.2) is 4.79 Å². The van der Waals surface area contributed by atoms with Gasteiger partial charge in [-0.05, 0) is 29.8 Å². The lowest BCUT2D eigenvalue weighted by Gasteiger charge is -2.13.